The second-order valence-corrected chi connectivity index (χ2v) is 8.86. The van der Waals surface area contributed by atoms with Gasteiger partial charge in [-0.15, -0.1) is 0 Å². The molecule has 6 heteroatoms. The Balaban J connectivity index is 1.32. The number of carbonyl (C=O) groups is 2. The Morgan fingerprint density at radius 1 is 1.00 bits per heavy atom. The van der Waals surface area contributed by atoms with Crippen molar-refractivity contribution in [3.63, 3.8) is 0 Å². The molecule has 1 N–H and O–H groups in total. The molecular formula is C27H34N2O4. The number of methoxy groups -OCH3 is 1. The Morgan fingerprint density at radius 2 is 1.73 bits per heavy atom. The summed E-state index contributed by atoms with van der Waals surface area (Å²) < 4.78 is 10.8. The minimum absolute atomic E-state index is 0.0402. The SMILES string of the molecule is COc1ccc([C@H](CNC(=O)CCC(=O)c2ccc3c(c2)CCCC3)N2CCOCC2)cc1. The zero-order valence-corrected chi connectivity index (χ0v) is 19.5. The lowest BCUT2D eigenvalue weighted by Crippen LogP contribution is -2.43. The molecule has 0 radical (unpaired) electrons. The van der Waals surface area contributed by atoms with Gasteiger partial charge in [-0.3, -0.25) is 14.5 Å². The van der Waals surface area contributed by atoms with Crippen LogP contribution in [0.5, 0.6) is 5.75 Å². The van der Waals surface area contributed by atoms with Gasteiger partial charge < -0.3 is 14.8 Å². The normalized spacial score (nSPS) is 17.1. The van der Waals surface area contributed by atoms with Crippen molar-refractivity contribution in [3.8, 4) is 5.75 Å². The molecule has 2 aliphatic rings. The van der Waals surface area contributed by atoms with Crippen LogP contribution in [0.15, 0.2) is 42.5 Å². The topological polar surface area (TPSA) is 67.9 Å². The third kappa shape index (κ3) is 6.21. The van der Waals surface area contributed by atoms with E-state index < -0.39 is 0 Å². The number of carbonyl (C=O) groups excluding carboxylic acids is 2. The zero-order valence-electron chi connectivity index (χ0n) is 19.5. The zero-order chi connectivity index (χ0) is 23.0. The highest BCUT2D eigenvalue weighted by molar-refractivity contribution is 5.98. The first-order chi connectivity index (χ1) is 16.1. The minimum atomic E-state index is -0.0897. The summed E-state index contributed by atoms with van der Waals surface area (Å²) in [5, 5.41) is 3.06. The fourth-order valence-corrected chi connectivity index (χ4v) is 4.75. The molecule has 33 heavy (non-hydrogen) atoms. The minimum Gasteiger partial charge on any atom is -0.497 e. The Hall–Kier alpha value is -2.70. The van der Waals surface area contributed by atoms with Crippen LogP contribution < -0.4 is 10.1 Å². The van der Waals surface area contributed by atoms with Gasteiger partial charge in [-0.25, -0.2) is 0 Å². The Morgan fingerprint density at radius 3 is 2.45 bits per heavy atom. The molecule has 1 saturated heterocycles. The number of morpholine rings is 1. The summed E-state index contributed by atoms with van der Waals surface area (Å²) in [7, 11) is 1.65. The van der Waals surface area contributed by atoms with Gasteiger partial charge in [0, 0.05) is 38.0 Å². The van der Waals surface area contributed by atoms with Crippen molar-refractivity contribution < 1.29 is 19.1 Å². The largest absolute Gasteiger partial charge is 0.497 e. The molecule has 2 aromatic carbocycles. The summed E-state index contributed by atoms with van der Waals surface area (Å²) in [5.74, 6) is 0.760. The molecule has 1 aliphatic heterocycles. The molecule has 1 amide bonds. The molecule has 0 bridgehead atoms. The molecule has 0 spiro atoms. The lowest BCUT2D eigenvalue weighted by Gasteiger charge is -2.35. The summed E-state index contributed by atoms with van der Waals surface area (Å²) in [6.07, 6.45) is 4.99. The van der Waals surface area contributed by atoms with Crippen LogP contribution in [0.3, 0.4) is 0 Å². The van der Waals surface area contributed by atoms with Crippen LogP contribution in [-0.4, -0.2) is 56.5 Å². The van der Waals surface area contributed by atoms with Gasteiger partial charge in [-0.1, -0.05) is 24.3 Å². The van der Waals surface area contributed by atoms with Crippen LogP contribution in [-0.2, 0) is 22.4 Å². The first-order valence-electron chi connectivity index (χ1n) is 12.0. The second-order valence-electron chi connectivity index (χ2n) is 8.86. The first-order valence-corrected chi connectivity index (χ1v) is 12.0. The van der Waals surface area contributed by atoms with Gasteiger partial charge in [-0.05, 0) is 60.6 Å². The number of Topliss-reactive ketones (excluding diaryl/α,β-unsaturated/α-hetero) is 1. The maximum absolute atomic E-state index is 12.7. The van der Waals surface area contributed by atoms with E-state index in [1.54, 1.807) is 7.11 Å². The van der Waals surface area contributed by atoms with E-state index in [-0.39, 0.29) is 30.6 Å². The van der Waals surface area contributed by atoms with Gasteiger partial charge in [0.2, 0.25) is 5.91 Å². The number of hydrogen-bond donors (Lipinski definition) is 1. The quantitative estimate of drug-likeness (QED) is 0.590. The van der Waals surface area contributed by atoms with Crippen molar-refractivity contribution in [2.45, 2.75) is 44.6 Å². The number of nitrogens with one attached hydrogen (secondary N) is 1. The third-order valence-corrected chi connectivity index (χ3v) is 6.73. The molecule has 2 aromatic rings. The molecular weight excluding hydrogens is 416 g/mol. The Bertz CT molecular complexity index is 951. The van der Waals surface area contributed by atoms with Crippen LogP contribution >= 0.6 is 0 Å². The van der Waals surface area contributed by atoms with Crippen LogP contribution in [0.2, 0.25) is 0 Å². The van der Waals surface area contributed by atoms with Gasteiger partial charge in [0.25, 0.3) is 0 Å². The molecule has 1 aliphatic carbocycles. The van der Waals surface area contributed by atoms with Crippen molar-refractivity contribution in [2.24, 2.45) is 0 Å². The Kier molecular flexibility index (Phi) is 8.13. The lowest BCUT2D eigenvalue weighted by atomic mass is 9.89. The molecule has 176 valence electrons. The highest BCUT2D eigenvalue weighted by atomic mass is 16.5. The molecule has 0 unspecified atom stereocenters. The summed E-state index contributed by atoms with van der Waals surface area (Å²) in [6, 6.07) is 14.1. The van der Waals surface area contributed by atoms with Crippen LogP contribution in [0.4, 0.5) is 0 Å². The highest BCUT2D eigenvalue weighted by Gasteiger charge is 2.23. The van der Waals surface area contributed by atoms with E-state index >= 15 is 0 Å². The van der Waals surface area contributed by atoms with Gasteiger partial charge in [0.1, 0.15) is 5.75 Å². The van der Waals surface area contributed by atoms with Crippen LogP contribution in [0.25, 0.3) is 0 Å². The molecule has 4 rings (SSSR count). The number of nitrogens with zero attached hydrogens (tertiary/aromatic N) is 1. The highest BCUT2D eigenvalue weighted by Crippen LogP contribution is 2.25. The maximum atomic E-state index is 12.7. The standard InChI is InChI=1S/C27H34N2O4/c1-32-24-10-8-21(9-11-24)25(29-14-16-33-17-15-29)19-28-27(31)13-12-26(30)23-7-6-20-4-2-3-5-22(20)18-23/h6-11,18,25H,2-5,12-17,19H2,1H3,(H,28,31)/t25-/m0/s1. The number of ketones is 1. The van der Waals surface area contributed by atoms with E-state index in [9.17, 15) is 9.59 Å². The first kappa shape index (κ1) is 23.5. The fourth-order valence-electron chi connectivity index (χ4n) is 4.75. The molecule has 0 saturated carbocycles. The van der Waals surface area contributed by atoms with E-state index in [0.29, 0.717) is 19.8 Å². The van der Waals surface area contributed by atoms with E-state index in [2.05, 4.69) is 16.3 Å². The Labute approximate surface area is 196 Å². The summed E-state index contributed by atoms with van der Waals surface area (Å²) in [4.78, 5) is 27.6. The van der Waals surface area contributed by atoms with Gasteiger partial charge >= 0.3 is 0 Å². The second kappa shape index (κ2) is 11.4. The number of fused-ring (bicyclic) bond motifs is 1. The number of benzene rings is 2. The van der Waals surface area contributed by atoms with Crippen molar-refractivity contribution in [1.82, 2.24) is 10.2 Å². The smallest absolute Gasteiger partial charge is 0.220 e. The van der Waals surface area contributed by atoms with E-state index in [4.69, 9.17) is 9.47 Å². The third-order valence-electron chi connectivity index (χ3n) is 6.73. The lowest BCUT2D eigenvalue weighted by molar-refractivity contribution is -0.121. The molecule has 0 aromatic heterocycles. The number of ether oxygens (including phenoxy) is 2. The van der Waals surface area contributed by atoms with E-state index in [0.717, 1.165) is 42.8 Å². The molecule has 1 heterocycles. The van der Waals surface area contributed by atoms with Crippen molar-refractivity contribution in [1.29, 1.82) is 0 Å². The molecule has 6 nitrogen and oxygen atoms in total. The average Bonchev–Trinajstić information content (AvgIpc) is 2.88. The van der Waals surface area contributed by atoms with Crippen LogP contribution in [0.1, 0.15) is 58.8 Å². The van der Waals surface area contributed by atoms with Gasteiger partial charge in [-0.2, -0.15) is 0 Å². The number of hydrogen-bond acceptors (Lipinski definition) is 5. The van der Waals surface area contributed by atoms with Crippen LogP contribution in [0, 0.1) is 0 Å². The summed E-state index contributed by atoms with van der Waals surface area (Å²) in [6.45, 7) is 3.52. The van der Waals surface area contributed by atoms with E-state index in [1.807, 2.05) is 36.4 Å². The van der Waals surface area contributed by atoms with Crippen molar-refractivity contribution >= 4 is 11.7 Å². The maximum Gasteiger partial charge on any atom is 0.220 e. The number of amides is 1. The number of aryl methyl sites for hydroxylation is 2. The summed E-state index contributed by atoms with van der Waals surface area (Å²) in [5.41, 5.74) is 4.52. The van der Waals surface area contributed by atoms with Crippen molar-refractivity contribution in [2.75, 3.05) is 40.0 Å². The monoisotopic (exact) mass is 450 g/mol. The predicted molar refractivity (Wildman–Crippen MR) is 128 cm³/mol. The molecule has 1 atom stereocenters. The fraction of sp³-hybridized carbons (Fsp3) is 0.481. The molecule has 1 fully saturated rings. The predicted octanol–water partition coefficient (Wildman–Crippen LogP) is 3.73. The number of rotatable bonds is 9. The van der Waals surface area contributed by atoms with Gasteiger partial charge in [0.15, 0.2) is 5.78 Å². The summed E-state index contributed by atoms with van der Waals surface area (Å²) >= 11 is 0. The van der Waals surface area contributed by atoms with E-state index in [1.165, 1.54) is 24.0 Å². The van der Waals surface area contributed by atoms with Gasteiger partial charge in [0.05, 0.1) is 26.4 Å². The average molecular weight is 451 g/mol. The van der Waals surface area contributed by atoms with Crippen molar-refractivity contribution in [3.05, 3.63) is 64.7 Å².